The van der Waals surface area contributed by atoms with E-state index in [0.29, 0.717) is 12.5 Å². The van der Waals surface area contributed by atoms with E-state index in [2.05, 4.69) is 11.9 Å². The van der Waals surface area contributed by atoms with Crippen LogP contribution in [0.3, 0.4) is 0 Å². The van der Waals surface area contributed by atoms with Gasteiger partial charge < -0.3 is 4.74 Å². The molecule has 2 nitrogen and oxygen atoms in total. The first-order valence-electron chi connectivity index (χ1n) is 3.70. The van der Waals surface area contributed by atoms with Gasteiger partial charge in [0.25, 0.3) is 0 Å². The van der Waals surface area contributed by atoms with Crippen molar-refractivity contribution in [3.05, 3.63) is 12.0 Å². The summed E-state index contributed by atoms with van der Waals surface area (Å²) in [5.74, 6) is 1.35. The first kappa shape index (κ1) is 7.32. The molecule has 56 valence electrons. The highest BCUT2D eigenvalue weighted by Gasteiger charge is 2.03. The molecule has 0 aromatic heterocycles. The molecule has 1 atom stereocenters. The number of rotatable bonds is 2. The Morgan fingerprint density at radius 1 is 1.80 bits per heavy atom. The highest BCUT2D eigenvalue weighted by atomic mass is 16.5. The van der Waals surface area contributed by atoms with Gasteiger partial charge in [-0.05, 0) is 25.3 Å². The Bertz CT molecular complexity index is 161. The monoisotopic (exact) mass is 139 g/mol. The standard InChI is InChI=1S/C8H13NO/c1-3-10-8-5-4-7(2)6-9-8/h5-7H,3-4H2,1-2H3. The van der Waals surface area contributed by atoms with Crippen molar-refractivity contribution in [3.8, 4) is 0 Å². The van der Waals surface area contributed by atoms with Gasteiger partial charge in [0.15, 0.2) is 0 Å². The van der Waals surface area contributed by atoms with Crippen LogP contribution in [0.1, 0.15) is 20.3 Å². The van der Waals surface area contributed by atoms with Crippen LogP contribution in [-0.2, 0) is 4.74 Å². The molecule has 0 aromatic rings. The molecule has 0 N–H and O–H groups in total. The summed E-state index contributed by atoms with van der Waals surface area (Å²) in [6.45, 7) is 4.81. The molecular formula is C8H13NO. The van der Waals surface area contributed by atoms with Gasteiger partial charge in [-0.2, -0.15) is 0 Å². The van der Waals surface area contributed by atoms with E-state index >= 15 is 0 Å². The molecule has 0 bridgehead atoms. The van der Waals surface area contributed by atoms with Gasteiger partial charge in [0.2, 0.25) is 5.88 Å². The van der Waals surface area contributed by atoms with Crippen molar-refractivity contribution >= 4 is 6.21 Å². The molecular weight excluding hydrogens is 126 g/mol. The maximum Gasteiger partial charge on any atom is 0.208 e. The molecule has 1 aliphatic rings. The molecule has 0 amide bonds. The lowest BCUT2D eigenvalue weighted by Gasteiger charge is -2.10. The highest BCUT2D eigenvalue weighted by molar-refractivity contribution is 5.63. The third-order valence-electron chi connectivity index (χ3n) is 1.41. The zero-order chi connectivity index (χ0) is 7.40. The maximum absolute atomic E-state index is 5.19. The number of hydrogen-bond acceptors (Lipinski definition) is 2. The van der Waals surface area contributed by atoms with E-state index in [1.807, 2.05) is 19.2 Å². The van der Waals surface area contributed by atoms with E-state index in [0.717, 1.165) is 12.3 Å². The van der Waals surface area contributed by atoms with Crippen LogP contribution in [0.2, 0.25) is 0 Å². The molecule has 10 heavy (non-hydrogen) atoms. The van der Waals surface area contributed by atoms with Gasteiger partial charge in [0.1, 0.15) is 0 Å². The van der Waals surface area contributed by atoms with Crippen molar-refractivity contribution in [1.29, 1.82) is 0 Å². The molecule has 0 fully saturated rings. The van der Waals surface area contributed by atoms with Gasteiger partial charge in [-0.3, -0.25) is 0 Å². The quantitative estimate of drug-likeness (QED) is 0.573. The van der Waals surface area contributed by atoms with Crippen molar-refractivity contribution in [3.63, 3.8) is 0 Å². The summed E-state index contributed by atoms with van der Waals surface area (Å²) in [6, 6.07) is 0. The number of allylic oxidation sites excluding steroid dienone is 1. The van der Waals surface area contributed by atoms with Gasteiger partial charge in [0.05, 0.1) is 6.61 Å². The molecule has 2 heteroatoms. The van der Waals surface area contributed by atoms with Gasteiger partial charge in [-0.15, -0.1) is 0 Å². The minimum Gasteiger partial charge on any atom is -0.478 e. The lowest BCUT2D eigenvalue weighted by Crippen LogP contribution is -2.02. The fraction of sp³-hybridized carbons (Fsp3) is 0.625. The zero-order valence-electron chi connectivity index (χ0n) is 6.50. The molecule has 0 aromatic carbocycles. The largest absolute Gasteiger partial charge is 0.478 e. The summed E-state index contributed by atoms with van der Waals surface area (Å²) < 4.78 is 5.19. The van der Waals surface area contributed by atoms with Crippen molar-refractivity contribution in [1.82, 2.24) is 0 Å². The number of hydrogen-bond donors (Lipinski definition) is 0. The van der Waals surface area contributed by atoms with Crippen molar-refractivity contribution < 1.29 is 4.74 Å². The van der Waals surface area contributed by atoms with E-state index in [-0.39, 0.29) is 0 Å². The summed E-state index contributed by atoms with van der Waals surface area (Å²) >= 11 is 0. The summed E-state index contributed by atoms with van der Waals surface area (Å²) in [6.07, 6.45) is 5.03. The molecule has 0 aliphatic carbocycles. The molecule has 0 saturated heterocycles. The predicted molar refractivity (Wildman–Crippen MR) is 42.0 cm³/mol. The maximum atomic E-state index is 5.19. The average molecular weight is 139 g/mol. The number of aliphatic imine (C=N–C) groups is 1. The minimum atomic E-state index is 0.573. The summed E-state index contributed by atoms with van der Waals surface area (Å²) in [5.41, 5.74) is 0. The van der Waals surface area contributed by atoms with Gasteiger partial charge >= 0.3 is 0 Å². The molecule has 1 heterocycles. The second-order valence-electron chi connectivity index (χ2n) is 2.47. The Balaban J connectivity index is 2.42. The van der Waals surface area contributed by atoms with E-state index in [4.69, 9.17) is 4.74 Å². The van der Waals surface area contributed by atoms with Crippen LogP contribution >= 0.6 is 0 Å². The van der Waals surface area contributed by atoms with Crippen molar-refractivity contribution in [2.45, 2.75) is 20.3 Å². The lowest BCUT2D eigenvalue weighted by atomic mass is 10.1. The van der Waals surface area contributed by atoms with Gasteiger partial charge in [0, 0.05) is 6.21 Å². The Hall–Kier alpha value is -0.790. The van der Waals surface area contributed by atoms with E-state index in [1.165, 1.54) is 0 Å². The number of nitrogens with zero attached hydrogens (tertiary/aromatic N) is 1. The van der Waals surface area contributed by atoms with Crippen LogP contribution in [0.4, 0.5) is 0 Å². The van der Waals surface area contributed by atoms with E-state index < -0.39 is 0 Å². The van der Waals surface area contributed by atoms with Crippen LogP contribution in [0.15, 0.2) is 17.0 Å². The topological polar surface area (TPSA) is 21.6 Å². The normalized spacial score (nSPS) is 24.2. The van der Waals surface area contributed by atoms with Crippen LogP contribution < -0.4 is 0 Å². The predicted octanol–water partition coefficient (Wildman–Crippen LogP) is 1.97. The minimum absolute atomic E-state index is 0.573. The average Bonchev–Trinajstić information content (AvgIpc) is 1.95. The third-order valence-corrected chi connectivity index (χ3v) is 1.41. The van der Waals surface area contributed by atoms with Crippen LogP contribution in [-0.4, -0.2) is 12.8 Å². The van der Waals surface area contributed by atoms with Crippen LogP contribution in [0.25, 0.3) is 0 Å². The molecule has 0 saturated carbocycles. The SMILES string of the molecule is CCOC1=CCC(C)C=N1. The summed E-state index contributed by atoms with van der Waals surface area (Å²) in [7, 11) is 0. The van der Waals surface area contributed by atoms with Gasteiger partial charge in [-0.25, -0.2) is 4.99 Å². The summed E-state index contributed by atoms with van der Waals surface area (Å²) in [5, 5.41) is 0. The fourth-order valence-electron chi connectivity index (χ4n) is 0.845. The number of ether oxygens (including phenoxy) is 1. The Labute approximate surface area is 61.6 Å². The zero-order valence-corrected chi connectivity index (χ0v) is 6.50. The molecule has 1 rings (SSSR count). The first-order chi connectivity index (χ1) is 4.83. The first-order valence-corrected chi connectivity index (χ1v) is 3.70. The van der Waals surface area contributed by atoms with Crippen LogP contribution in [0.5, 0.6) is 0 Å². The van der Waals surface area contributed by atoms with E-state index in [9.17, 15) is 0 Å². The molecule has 0 radical (unpaired) electrons. The van der Waals surface area contributed by atoms with Crippen LogP contribution in [0, 0.1) is 5.92 Å². The highest BCUT2D eigenvalue weighted by Crippen LogP contribution is 2.11. The molecule has 1 unspecified atom stereocenters. The Morgan fingerprint density at radius 3 is 3.10 bits per heavy atom. The Morgan fingerprint density at radius 2 is 2.60 bits per heavy atom. The lowest BCUT2D eigenvalue weighted by molar-refractivity contribution is 0.224. The molecule has 1 aliphatic heterocycles. The van der Waals surface area contributed by atoms with Gasteiger partial charge in [-0.1, -0.05) is 6.92 Å². The second kappa shape index (κ2) is 3.40. The third kappa shape index (κ3) is 1.87. The summed E-state index contributed by atoms with van der Waals surface area (Å²) in [4.78, 5) is 4.11. The smallest absolute Gasteiger partial charge is 0.208 e. The fourth-order valence-corrected chi connectivity index (χ4v) is 0.845. The van der Waals surface area contributed by atoms with Crippen molar-refractivity contribution in [2.75, 3.05) is 6.61 Å². The van der Waals surface area contributed by atoms with Crippen molar-refractivity contribution in [2.24, 2.45) is 10.9 Å². The molecule has 0 spiro atoms. The second-order valence-corrected chi connectivity index (χ2v) is 2.47. The van der Waals surface area contributed by atoms with E-state index in [1.54, 1.807) is 0 Å². The Kier molecular flexibility index (Phi) is 2.49.